The Morgan fingerprint density at radius 1 is 0.339 bits per heavy atom. The predicted octanol–water partition coefficient (Wildman–Crippen LogP) is 15.3. The van der Waals surface area contributed by atoms with Crippen LogP contribution in [0.15, 0.2) is 212 Å². The van der Waals surface area contributed by atoms with Crippen molar-refractivity contribution in [3.63, 3.8) is 0 Å². The minimum atomic E-state index is -0.0523. The summed E-state index contributed by atoms with van der Waals surface area (Å²) in [4.78, 5) is 2.47. The first-order valence-corrected chi connectivity index (χ1v) is 19.5. The number of hydrogen-bond acceptors (Lipinski definition) is 1. The van der Waals surface area contributed by atoms with Crippen LogP contribution in [0.1, 0.15) is 25.0 Å². The highest BCUT2D eigenvalue weighted by Crippen LogP contribution is 2.51. The Kier molecular flexibility index (Phi) is 8.23. The Morgan fingerprint density at radius 2 is 0.875 bits per heavy atom. The molecule has 0 heterocycles. The van der Waals surface area contributed by atoms with Crippen LogP contribution in [-0.4, -0.2) is 0 Å². The van der Waals surface area contributed by atoms with Gasteiger partial charge in [0.15, 0.2) is 0 Å². The second-order valence-corrected chi connectivity index (χ2v) is 15.3. The summed E-state index contributed by atoms with van der Waals surface area (Å²) in [6.45, 7) is 4.70. The van der Waals surface area contributed by atoms with Crippen molar-refractivity contribution in [1.29, 1.82) is 0 Å². The molecule has 0 atom stereocenters. The van der Waals surface area contributed by atoms with E-state index in [-0.39, 0.29) is 5.41 Å². The summed E-state index contributed by atoms with van der Waals surface area (Å²) in [5.74, 6) is 0. The monoisotopic (exact) mass is 715 g/mol. The van der Waals surface area contributed by atoms with E-state index in [9.17, 15) is 0 Å². The quantitative estimate of drug-likeness (QED) is 0.159. The standard InChI is InChI=1S/C55H41N/c1-55(2)50-28-14-13-25-47(50)48-36-33-42(37-51(48)55)38-31-34-43(35-32-38)56(52-29-15-22-40-21-9-10-24-45(40)52)53-30-16-27-46(41-19-7-4-8-20-41)54(53)49-26-12-11-23-44(49)39-17-5-3-6-18-39/h3-37H,1-2H3. The zero-order valence-corrected chi connectivity index (χ0v) is 31.7. The number of nitrogens with zero attached hydrogens (tertiary/aromatic N) is 1. The average Bonchev–Trinajstić information content (AvgIpc) is 3.50. The fourth-order valence-corrected chi connectivity index (χ4v) is 8.94. The molecule has 56 heavy (non-hydrogen) atoms. The lowest BCUT2D eigenvalue weighted by Crippen LogP contribution is -2.14. The molecule has 266 valence electrons. The van der Waals surface area contributed by atoms with Gasteiger partial charge in [0.2, 0.25) is 0 Å². The molecule has 0 bridgehead atoms. The molecule has 1 nitrogen and oxygen atoms in total. The van der Waals surface area contributed by atoms with Gasteiger partial charge in [0.25, 0.3) is 0 Å². The summed E-state index contributed by atoms with van der Waals surface area (Å²) >= 11 is 0. The fraction of sp³-hybridized carbons (Fsp3) is 0.0545. The Balaban J connectivity index is 1.19. The lowest BCUT2D eigenvalue weighted by molar-refractivity contribution is 0.660. The van der Waals surface area contributed by atoms with Gasteiger partial charge in [0.1, 0.15) is 0 Å². The number of hydrogen-bond donors (Lipinski definition) is 0. The van der Waals surface area contributed by atoms with Gasteiger partial charge in [-0.2, -0.15) is 0 Å². The van der Waals surface area contributed by atoms with Crippen LogP contribution < -0.4 is 4.90 Å². The summed E-state index contributed by atoms with van der Waals surface area (Å²) < 4.78 is 0. The van der Waals surface area contributed by atoms with Gasteiger partial charge < -0.3 is 4.90 Å². The van der Waals surface area contributed by atoms with Crippen LogP contribution >= 0.6 is 0 Å². The van der Waals surface area contributed by atoms with Crippen molar-refractivity contribution in [1.82, 2.24) is 0 Å². The van der Waals surface area contributed by atoms with Gasteiger partial charge in [0.05, 0.1) is 11.4 Å². The summed E-state index contributed by atoms with van der Waals surface area (Å²) in [6, 6.07) is 77.6. The molecule has 9 aromatic carbocycles. The van der Waals surface area contributed by atoms with Crippen LogP contribution in [0.2, 0.25) is 0 Å². The maximum absolute atomic E-state index is 2.47. The highest BCUT2D eigenvalue weighted by Gasteiger charge is 2.35. The van der Waals surface area contributed by atoms with E-state index in [2.05, 4.69) is 231 Å². The first-order valence-electron chi connectivity index (χ1n) is 19.5. The molecule has 0 radical (unpaired) electrons. The first-order chi connectivity index (χ1) is 27.6. The minimum absolute atomic E-state index is 0.0523. The van der Waals surface area contributed by atoms with Gasteiger partial charge in [-0.15, -0.1) is 0 Å². The topological polar surface area (TPSA) is 3.24 Å². The molecule has 1 heteroatoms. The van der Waals surface area contributed by atoms with Crippen LogP contribution in [0.3, 0.4) is 0 Å². The largest absolute Gasteiger partial charge is 0.309 e. The molecular formula is C55H41N. The smallest absolute Gasteiger partial charge is 0.0546 e. The summed E-state index contributed by atoms with van der Waals surface area (Å²) in [6.07, 6.45) is 0. The third-order valence-electron chi connectivity index (χ3n) is 11.7. The second kappa shape index (κ2) is 13.7. The summed E-state index contributed by atoms with van der Waals surface area (Å²) in [5.41, 5.74) is 18.4. The second-order valence-electron chi connectivity index (χ2n) is 15.3. The van der Waals surface area contributed by atoms with Crippen molar-refractivity contribution in [3.05, 3.63) is 223 Å². The van der Waals surface area contributed by atoms with Crippen molar-refractivity contribution < 1.29 is 0 Å². The Bertz CT molecular complexity index is 2860. The van der Waals surface area contributed by atoms with E-state index in [4.69, 9.17) is 0 Å². The molecule has 0 aliphatic heterocycles. The zero-order valence-electron chi connectivity index (χ0n) is 31.7. The fourth-order valence-electron chi connectivity index (χ4n) is 8.94. The molecule has 0 amide bonds. The lowest BCUT2D eigenvalue weighted by Gasteiger charge is -2.31. The molecular weight excluding hydrogens is 675 g/mol. The molecule has 1 aliphatic rings. The highest BCUT2D eigenvalue weighted by atomic mass is 15.1. The zero-order chi connectivity index (χ0) is 37.6. The van der Waals surface area contributed by atoms with E-state index in [1.807, 2.05) is 0 Å². The van der Waals surface area contributed by atoms with Crippen LogP contribution in [0.5, 0.6) is 0 Å². The molecule has 0 saturated carbocycles. The van der Waals surface area contributed by atoms with E-state index in [0.29, 0.717) is 0 Å². The van der Waals surface area contributed by atoms with Crippen LogP contribution in [0, 0.1) is 0 Å². The number of benzene rings is 9. The summed E-state index contributed by atoms with van der Waals surface area (Å²) in [5, 5.41) is 2.41. The van der Waals surface area contributed by atoms with Crippen molar-refractivity contribution >= 4 is 27.8 Å². The van der Waals surface area contributed by atoms with Crippen molar-refractivity contribution in [2.75, 3.05) is 4.90 Å². The van der Waals surface area contributed by atoms with Gasteiger partial charge in [-0.05, 0) is 96.9 Å². The van der Waals surface area contributed by atoms with E-state index in [0.717, 1.165) is 17.1 Å². The molecule has 0 aromatic heterocycles. The lowest BCUT2D eigenvalue weighted by atomic mass is 9.81. The normalized spacial score (nSPS) is 12.6. The molecule has 0 fully saturated rings. The molecule has 0 unspecified atom stereocenters. The van der Waals surface area contributed by atoms with Gasteiger partial charge in [-0.25, -0.2) is 0 Å². The van der Waals surface area contributed by atoms with Crippen molar-refractivity contribution in [2.45, 2.75) is 19.3 Å². The van der Waals surface area contributed by atoms with E-state index >= 15 is 0 Å². The Labute approximate surface area is 329 Å². The molecule has 0 spiro atoms. The number of anilines is 3. The van der Waals surface area contributed by atoms with E-state index in [1.165, 1.54) is 77.5 Å². The predicted molar refractivity (Wildman–Crippen MR) is 238 cm³/mol. The molecule has 0 N–H and O–H groups in total. The van der Waals surface area contributed by atoms with Gasteiger partial charge in [0, 0.05) is 22.1 Å². The van der Waals surface area contributed by atoms with Crippen molar-refractivity contribution in [2.24, 2.45) is 0 Å². The number of fused-ring (bicyclic) bond motifs is 4. The maximum atomic E-state index is 2.47. The third-order valence-corrected chi connectivity index (χ3v) is 11.7. The van der Waals surface area contributed by atoms with E-state index < -0.39 is 0 Å². The maximum Gasteiger partial charge on any atom is 0.0546 e. The third kappa shape index (κ3) is 5.63. The first kappa shape index (κ1) is 33.6. The van der Waals surface area contributed by atoms with Crippen LogP contribution in [0.25, 0.3) is 66.4 Å². The van der Waals surface area contributed by atoms with Gasteiger partial charge in [-0.3, -0.25) is 0 Å². The average molecular weight is 716 g/mol. The summed E-state index contributed by atoms with van der Waals surface area (Å²) in [7, 11) is 0. The molecule has 1 aliphatic carbocycles. The molecule has 10 rings (SSSR count). The van der Waals surface area contributed by atoms with Crippen molar-refractivity contribution in [3.8, 4) is 55.6 Å². The number of rotatable bonds is 7. The van der Waals surface area contributed by atoms with Gasteiger partial charge in [-0.1, -0.05) is 196 Å². The highest BCUT2D eigenvalue weighted by molar-refractivity contribution is 6.05. The molecule has 9 aromatic rings. The SMILES string of the molecule is CC1(C)c2ccccc2-c2ccc(-c3ccc(N(c4cccc(-c5ccccc5)c4-c4ccccc4-c4ccccc4)c4cccc5ccccc45)cc3)cc21. The van der Waals surface area contributed by atoms with Crippen LogP contribution in [0.4, 0.5) is 17.1 Å². The van der Waals surface area contributed by atoms with Crippen LogP contribution in [-0.2, 0) is 5.41 Å². The van der Waals surface area contributed by atoms with E-state index in [1.54, 1.807) is 0 Å². The minimum Gasteiger partial charge on any atom is -0.309 e. The Morgan fingerprint density at radius 3 is 1.64 bits per heavy atom. The molecule has 0 saturated heterocycles. The van der Waals surface area contributed by atoms with Gasteiger partial charge >= 0.3 is 0 Å². The Hall–Kier alpha value is -6.96.